The molecule has 3 heterocycles. The van der Waals surface area contributed by atoms with Crippen molar-refractivity contribution in [3.8, 4) is 5.75 Å². The van der Waals surface area contributed by atoms with Crippen LogP contribution in [0.3, 0.4) is 0 Å². The molecule has 1 aliphatic heterocycles. The van der Waals surface area contributed by atoms with Crippen LogP contribution in [0.2, 0.25) is 0 Å². The van der Waals surface area contributed by atoms with Crippen molar-refractivity contribution in [1.82, 2.24) is 20.6 Å². The lowest BCUT2D eigenvalue weighted by Gasteiger charge is -2.32. The summed E-state index contributed by atoms with van der Waals surface area (Å²) in [6.45, 7) is 4.08. The van der Waals surface area contributed by atoms with Crippen LogP contribution in [-0.2, 0) is 30.3 Å². The fourth-order valence-electron chi connectivity index (χ4n) is 3.64. The van der Waals surface area contributed by atoms with Gasteiger partial charge in [-0.15, -0.1) is 0 Å². The third-order valence-corrected chi connectivity index (χ3v) is 5.77. The molecule has 12 heteroatoms. The molecule has 2 aromatic heterocycles. The maximum absolute atomic E-state index is 13.4. The van der Waals surface area contributed by atoms with Gasteiger partial charge in [-0.1, -0.05) is 6.07 Å². The normalized spacial score (nSPS) is 27.5. The second-order valence-corrected chi connectivity index (χ2v) is 8.50. The molecule has 3 rings (SSSR count). The highest BCUT2D eigenvalue weighted by atomic mass is 16.6. The van der Waals surface area contributed by atoms with E-state index in [4.69, 9.17) is 9.47 Å². The van der Waals surface area contributed by atoms with Crippen LogP contribution in [0.1, 0.15) is 36.8 Å². The number of nitrogens with zero attached hydrogens (tertiary/aromatic N) is 2. The lowest BCUT2D eigenvalue weighted by molar-refractivity contribution is -0.176. The number of aromatic nitrogens is 2. The zero-order valence-corrected chi connectivity index (χ0v) is 20.0. The minimum absolute atomic E-state index is 0.101. The summed E-state index contributed by atoms with van der Waals surface area (Å²) in [4.78, 5) is 59.0. The van der Waals surface area contributed by atoms with Crippen LogP contribution in [0, 0.1) is 5.92 Å². The molecule has 4 N–H and O–H groups in total. The number of amides is 2. The molecule has 0 aliphatic carbocycles. The van der Waals surface area contributed by atoms with E-state index >= 15 is 0 Å². The van der Waals surface area contributed by atoms with Gasteiger partial charge in [0.1, 0.15) is 17.9 Å². The quantitative estimate of drug-likeness (QED) is 0.414. The van der Waals surface area contributed by atoms with Gasteiger partial charge >= 0.3 is 11.9 Å². The first-order chi connectivity index (χ1) is 17.1. The number of aliphatic hydroxyl groups is 1. The Hall–Kier alpha value is -4.06. The number of cyclic esters (lactones) is 2. The summed E-state index contributed by atoms with van der Waals surface area (Å²) in [5.74, 6) is -5.00. The van der Waals surface area contributed by atoms with Crippen molar-refractivity contribution >= 4 is 23.8 Å². The van der Waals surface area contributed by atoms with Gasteiger partial charge in [0, 0.05) is 18.6 Å². The van der Waals surface area contributed by atoms with Crippen molar-refractivity contribution in [2.45, 2.75) is 57.6 Å². The van der Waals surface area contributed by atoms with Crippen LogP contribution in [0.4, 0.5) is 0 Å². The summed E-state index contributed by atoms with van der Waals surface area (Å²) in [6, 6.07) is 3.66. The van der Waals surface area contributed by atoms with E-state index in [9.17, 15) is 29.4 Å². The number of hydrogen-bond donors (Lipinski definition) is 4. The Morgan fingerprint density at radius 2 is 1.81 bits per heavy atom. The maximum Gasteiger partial charge on any atom is 0.347 e. The maximum atomic E-state index is 13.4. The molecule has 2 aromatic rings. The topological polar surface area (TPSA) is 177 Å². The molecule has 0 bridgehead atoms. The smallest absolute Gasteiger partial charge is 0.347 e. The first-order valence-corrected chi connectivity index (χ1v) is 11.3. The second-order valence-electron chi connectivity index (χ2n) is 8.50. The first-order valence-electron chi connectivity index (χ1n) is 11.3. The van der Waals surface area contributed by atoms with E-state index in [2.05, 4.69) is 20.6 Å². The summed E-state index contributed by atoms with van der Waals surface area (Å²) in [5, 5.41) is 26.0. The number of hydrogen-bond acceptors (Lipinski definition) is 10. The third kappa shape index (κ3) is 6.33. The highest BCUT2D eigenvalue weighted by Gasteiger charge is 2.39. The first kappa shape index (κ1) is 26.5. The van der Waals surface area contributed by atoms with Crippen molar-refractivity contribution in [3.63, 3.8) is 0 Å². The molecule has 0 saturated carbocycles. The molecule has 192 valence electrons. The summed E-state index contributed by atoms with van der Waals surface area (Å²) in [6.07, 6.45) is 0.548. The van der Waals surface area contributed by atoms with E-state index < -0.39 is 65.8 Å². The predicted molar refractivity (Wildman–Crippen MR) is 123 cm³/mol. The van der Waals surface area contributed by atoms with E-state index in [-0.39, 0.29) is 12.1 Å². The summed E-state index contributed by atoms with van der Waals surface area (Å²) < 4.78 is 10.5. The number of aromatic hydroxyl groups is 1. The number of esters is 2. The molecule has 0 radical (unpaired) electrons. The number of carbonyl (C=O) groups excluding carboxylic acids is 4. The van der Waals surface area contributed by atoms with Gasteiger partial charge in [-0.05, 0) is 51.0 Å². The van der Waals surface area contributed by atoms with Crippen LogP contribution < -0.4 is 10.6 Å². The van der Waals surface area contributed by atoms with Crippen LogP contribution in [-0.4, -0.2) is 74.3 Å². The van der Waals surface area contributed by atoms with E-state index in [1.165, 1.54) is 39.1 Å². The molecule has 12 nitrogen and oxygen atoms in total. The number of rotatable bonds is 4. The second kappa shape index (κ2) is 11.6. The Morgan fingerprint density at radius 3 is 2.47 bits per heavy atom. The van der Waals surface area contributed by atoms with Gasteiger partial charge in [0.25, 0.3) is 5.91 Å². The molecule has 0 unspecified atom stereocenters. The predicted octanol–water partition coefficient (Wildman–Crippen LogP) is -0.118. The van der Waals surface area contributed by atoms with E-state index in [0.717, 1.165) is 0 Å². The number of carbonyl (C=O) groups is 4. The fraction of sp³-hybridized carbons (Fsp3) is 0.417. The fourth-order valence-corrected chi connectivity index (χ4v) is 3.64. The Morgan fingerprint density at radius 1 is 1.08 bits per heavy atom. The standard InChI is InChI=1S/C24H28N4O8/c1-12-20(30)16(10-15-6-4-8-25-11-15)27-21(31)18(13(2)35-24(34)14(3)36-23(12)33)28-22(32)19-17(29)7-5-9-26-19/h4-9,11-14,16,18,20,29-30H,10H2,1-3H3,(H,27,31)(H,28,32)/t12-,13-,14-,16+,18+,20+/m1/s1. The van der Waals surface area contributed by atoms with Crippen LogP contribution in [0.5, 0.6) is 5.75 Å². The molecular weight excluding hydrogens is 472 g/mol. The lowest BCUT2D eigenvalue weighted by atomic mass is 9.92. The highest BCUT2D eigenvalue weighted by Crippen LogP contribution is 2.18. The highest BCUT2D eigenvalue weighted by molar-refractivity contribution is 5.98. The van der Waals surface area contributed by atoms with Crippen molar-refractivity contribution in [3.05, 3.63) is 54.1 Å². The van der Waals surface area contributed by atoms with Gasteiger partial charge in [0.2, 0.25) is 5.91 Å². The van der Waals surface area contributed by atoms with Gasteiger partial charge in [-0.25, -0.2) is 9.78 Å². The van der Waals surface area contributed by atoms with Gasteiger partial charge in [-0.3, -0.25) is 19.4 Å². The molecule has 1 fully saturated rings. The van der Waals surface area contributed by atoms with Crippen molar-refractivity contribution in [2.75, 3.05) is 0 Å². The minimum Gasteiger partial charge on any atom is -0.505 e. The average Bonchev–Trinajstić information content (AvgIpc) is 2.85. The Balaban J connectivity index is 1.95. The number of aliphatic hydroxyl groups excluding tert-OH is 1. The number of nitrogens with one attached hydrogen (secondary N) is 2. The zero-order chi connectivity index (χ0) is 26.4. The van der Waals surface area contributed by atoms with Crippen molar-refractivity contribution in [2.24, 2.45) is 5.92 Å². The molecule has 1 aliphatic rings. The van der Waals surface area contributed by atoms with Crippen LogP contribution >= 0.6 is 0 Å². The largest absolute Gasteiger partial charge is 0.505 e. The summed E-state index contributed by atoms with van der Waals surface area (Å²) in [5.41, 5.74) is 0.333. The number of ether oxygens (including phenoxy) is 2. The van der Waals surface area contributed by atoms with Crippen LogP contribution in [0.15, 0.2) is 42.9 Å². The third-order valence-electron chi connectivity index (χ3n) is 5.77. The molecular formula is C24H28N4O8. The molecule has 0 spiro atoms. The summed E-state index contributed by atoms with van der Waals surface area (Å²) in [7, 11) is 0. The molecule has 36 heavy (non-hydrogen) atoms. The molecule has 0 aromatic carbocycles. The van der Waals surface area contributed by atoms with Crippen molar-refractivity contribution < 1.29 is 38.9 Å². The van der Waals surface area contributed by atoms with Gasteiger partial charge < -0.3 is 30.3 Å². The average molecular weight is 501 g/mol. The van der Waals surface area contributed by atoms with Gasteiger partial charge in [-0.2, -0.15) is 0 Å². The summed E-state index contributed by atoms with van der Waals surface area (Å²) >= 11 is 0. The monoisotopic (exact) mass is 500 g/mol. The lowest BCUT2D eigenvalue weighted by Crippen LogP contribution is -2.59. The van der Waals surface area contributed by atoms with E-state index in [1.54, 1.807) is 24.5 Å². The Labute approximate surface area is 207 Å². The Bertz CT molecular complexity index is 1110. The van der Waals surface area contributed by atoms with Crippen LogP contribution in [0.25, 0.3) is 0 Å². The number of pyridine rings is 2. The van der Waals surface area contributed by atoms with E-state index in [0.29, 0.717) is 5.56 Å². The zero-order valence-electron chi connectivity index (χ0n) is 20.0. The van der Waals surface area contributed by atoms with Gasteiger partial charge in [0.15, 0.2) is 11.8 Å². The minimum atomic E-state index is -1.44. The van der Waals surface area contributed by atoms with E-state index in [1.807, 2.05) is 0 Å². The SMILES string of the molecule is C[C@H]1OC(=O)[C@H](C)[C@H](O)[C@H](Cc2cccnc2)NC(=O)[C@@H](NC(=O)c2ncccc2O)[C@@H](C)OC1=O. The van der Waals surface area contributed by atoms with Gasteiger partial charge in [0.05, 0.1) is 18.1 Å². The van der Waals surface area contributed by atoms with Crippen molar-refractivity contribution in [1.29, 1.82) is 0 Å². The molecule has 6 atom stereocenters. The molecule has 2 amide bonds. The molecule has 1 saturated heterocycles. The Kier molecular flexibility index (Phi) is 8.54.